The number of hydrogen-bond acceptors (Lipinski definition) is 8. The van der Waals surface area contributed by atoms with E-state index in [0.29, 0.717) is 28.2 Å². The minimum atomic E-state index is -1.30. The highest BCUT2D eigenvalue weighted by Crippen LogP contribution is 2.10. The zero-order valence-corrected chi connectivity index (χ0v) is 12.0. The Balaban J connectivity index is 1.81. The number of aryl methyl sites for hydroxylation is 2. The first-order chi connectivity index (χ1) is 9.09. The molecule has 0 amide bonds. The van der Waals surface area contributed by atoms with Gasteiger partial charge in [-0.05, 0) is 20.9 Å². The average Bonchev–Trinajstić information content (AvgIpc) is 2.97. The lowest BCUT2D eigenvalue weighted by Crippen LogP contribution is -2.18. The molecule has 0 aliphatic rings. The summed E-state index contributed by atoms with van der Waals surface area (Å²) >= 11 is -2.60. The zero-order valence-electron chi connectivity index (χ0n) is 10.3. The molecule has 0 N–H and O–H groups in total. The Labute approximate surface area is 114 Å². The Kier molecular flexibility index (Phi) is 4.68. The molecule has 0 radical (unpaired) electrons. The van der Waals surface area contributed by atoms with Gasteiger partial charge in [-0.1, -0.05) is 10.2 Å². The van der Waals surface area contributed by atoms with E-state index in [2.05, 4.69) is 31.1 Å². The predicted molar refractivity (Wildman–Crippen MR) is 64.8 cm³/mol. The van der Waals surface area contributed by atoms with E-state index in [-0.39, 0.29) is 0 Å². The molecule has 0 bridgehead atoms. The van der Waals surface area contributed by atoms with Gasteiger partial charge in [0.1, 0.15) is 11.5 Å². The molecule has 2 atom stereocenters. The van der Waals surface area contributed by atoms with Crippen molar-refractivity contribution in [2.45, 2.75) is 16.7 Å². The fourth-order valence-corrected chi connectivity index (χ4v) is 3.61. The molecular weight excluding hydrogens is 292 g/mol. The van der Waals surface area contributed by atoms with Crippen LogP contribution in [0.4, 0.5) is 0 Å². The van der Waals surface area contributed by atoms with Crippen LogP contribution >= 0.6 is 0 Å². The van der Waals surface area contributed by atoms with Crippen LogP contribution in [-0.4, -0.2) is 61.0 Å². The first kappa shape index (κ1) is 14.2. The molecule has 0 aliphatic heterocycles. The van der Waals surface area contributed by atoms with Gasteiger partial charge in [-0.25, -0.2) is 0 Å². The van der Waals surface area contributed by atoms with E-state index in [1.54, 1.807) is 14.1 Å². The van der Waals surface area contributed by atoms with E-state index in [4.69, 9.17) is 0 Å². The molecule has 12 heteroatoms. The maximum absolute atomic E-state index is 11.9. The zero-order chi connectivity index (χ0) is 13.8. The fourth-order valence-electron chi connectivity index (χ4n) is 1.33. The molecule has 0 aliphatic carbocycles. The molecule has 104 valence electrons. The third-order valence-electron chi connectivity index (χ3n) is 2.23. The van der Waals surface area contributed by atoms with Crippen LogP contribution in [0.1, 0.15) is 6.42 Å². The summed E-state index contributed by atoms with van der Waals surface area (Å²) in [5.41, 5.74) is 0. The summed E-state index contributed by atoms with van der Waals surface area (Å²) in [5.74, 6) is 0.677. The molecule has 0 fully saturated rings. The predicted octanol–water partition coefficient (Wildman–Crippen LogP) is -1.96. The second kappa shape index (κ2) is 6.27. The van der Waals surface area contributed by atoms with Crippen molar-refractivity contribution in [1.82, 2.24) is 40.4 Å². The van der Waals surface area contributed by atoms with Gasteiger partial charge in [0.2, 0.25) is 0 Å². The van der Waals surface area contributed by atoms with E-state index in [0.717, 1.165) is 0 Å². The number of aromatic nitrogens is 8. The van der Waals surface area contributed by atoms with Crippen LogP contribution in [0.5, 0.6) is 0 Å². The van der Waals surface area contributed by atoms with Gasteiger partial charge in [0, 0.05) is 42.9 Å². The number of rotatable bonds is 6. The van der Waals surface area contributed by atoms with E-state index in [1.165, 1.54) is 9.36 Å². The Bertz CT molecular complexity index is 484. The highest BCUT2D eigenvalue weighted by molar-refractivity contribution is 7.92. The molecule has 2 unspecified atom stereocenters. The van der Waals surface area contributed by atoms with Crippen LogP contribution in [-0.2, 0) is 36.4 Å². The van der Waals surface area contributed by atoms with Crippen LogP contribution in [0.2, 0.25) is 0 Å². The fraction of sp³-hybridized carbons (Fsp3) is 0.714. The Hall–Kier alpha value is -1.24. The molecule has 2 aromatic heterocycles. The van der Waals surface area contributed by atoms with Crippen molar-refractivity contribution in [3.05, 3.63) is 0 Å². The summed E-state index contributed by atoms with van der Waals surface area (Å²) in [6.45, 7) is 0. The van der Waals surface area contributed by atoms with Crippen molar-refractivity contribution in [1.29, 1.82) is 0 Å². The van der Waals surface area contributed by atoms with E-state index < -0.39 is 22.4 Å². The SMILES string of the molecule is Cn1nnnc1[S+]([O-])CCC[S+]([O-])c1nnnn1C. The van der Waals surface area contributed by atoms with Gasteiger partial charge >= 0.3 is 10.3 Å². The third-order valence-corrected chi connectivity index (χ3v) is 5.05. The molecule has 0 saturated carbocycles. The lowest BCUT2D eigenvalue weighted by Gasteiger charge is -2.09. The second-order valence-electron chi connectivity index (χ2n) is 3.62. The minimum Gasteiger partial charge on any atom is -0.609 e. The van der Waals surface area contributed by atoms with Gasteiger partial charge in [0.25, 0.3) is 0 Å². The minimum absolute atomic E-state index is 0.311. The highest BCUT2D eigenvalue weighted by atomic mass is 32.2. The quantitative estimate of drug-likeness (QED) is 0.561. The number of hydrogen-bond donors (Lipinski definition) is 0. The average molecular weight is 304 g/mol. The van der Waals surface area contributed by atoms with Crippen LogP contribution in [0.3, 0.4) is 0 Å². The largest absolute Gasteiger partial charge is 0.609 e. The Morgan fingerprint density at radius 1 is 0.895 bits per heavy atom. The van der Waals surface area contributed by atoms with Crippen LogP contribution in [0.25, 0.3) is 0 Å². The van der Waals surface area contributed by atoms with Gasteiger partial charge in [-0.15, -0.1) is 0 Å². The van der Waals surface area contributed by atoms with Crippen molar-refractivity contribution >= 4 is 22.4 Å². The Morgan fingerprint density at radius 2 is 1.32 bits per heavy atom. The molecule has 0 spiro atoms. The normalized spacial score (nSPS) is 14.5. The molecule has 0 saturated heterocycles. The van der Waals surface area contributed by atoms with Gasteiger partial charge in [0.15, 0.2) is 0 Å². The number of nitrogens with zero attached hydrogens (tertiary/aromatic N) is 8. The summed E-state index contributed by atoms with van der Waals surface area (Å²) in [6, 6.07) is 0. The monoisotopic (exact) mass is 304 g/mol. The molecular formula is C7H12N8O2S2. The summed E-state index contributed by atoms with van der Waals surface area (Å²) in [5, 5.41) is 22.0. The van der Waals surface area contributed by atoms with Crippen LogP contribution in [0, 0.1) is 0 Å². The van der Waals surface area contributed by atoms with Gasteiger partial charge in [0.05, 0.1) is 0 Å². The van der Waals surface area contributed by atoms with Gasteiger partial charge in [-0.2, -0.15) is 9.36 Å². The molecule has 2 heterocycles. The highest BCUT2D eigenvalue weighted by Gasteiger charge is 2.22. The third kappa shape index (κ3) is 3.40. The van der Waals surface area contributed by atoms with E-state index >= 15 is 0 Å². The van der Waals surface area contributed by atoms with Crippen molar-refractivity contribution < 1.29 is 9.11 Å². The summed E-state index contributed by atoms with van der Waals surface area (Å²) in [7, 11) is 3.24. The molecule has 10 nitrogen and oxygen atoms in total. The standard InChI is InChI=1S/C7H12N8O2S2/c1-14-6(8-10-12-14)18(16)4-3-5-19(17)7-9-11-13-15(7)2/h3-5H2,1-2H3. The van der Waals surface area contributed by atoms with Crippen molar-refractivity contribution in [2.75, 3.05) is 11.5 Å². The maximum Gasteiger partial charge on any atom is 0.360 e. The van der Waals surface area contributed by atoms with Crippen LogP contribution < -0.4 is 0 Å². The first-order valence-electron chi connectivity index (χ1n) is 5.31. The van der Waals surface area contributed by atoms with Crippen LogP contribution in [0.15, 0.2) is 10.3 Å². The topological polar surface area (TPSA) is 133 Å². The molecule has 2 rings (SSSR count). The van der Waals surface area contributed by atoms with Crippen molar-refractivity contribution in [3.63, 3.8) is 0 Å². The lowest BCUT2D eigenvalue weighted by molar-refractivity contribution is 0.561. The van der Waals surface area contributed by atoms with Gasteiger partial charge < -0.3 is 9.11 Å². The number of tetrazole rings is 2. The van der Waals surface area contributed by atoms with Gasteiger partial charge in [-0.3, -0.25) is 0 Å². The van der Waals surface area contributed by atoms with E-state index in [9.17, 15) is 9.11 Å². The molecule has 0 aromatic carbocycles. The van der Waals surface area contributed by atoms with Crippen molar-refractivity contribution in [3.8, 4) is 0 Å². The smallest absolute Gasteiger partial charge is 0.360 e. The second-order valence-corrected chi connectivity index (χ2v) is 6.55. The molecule has 19 heavy (non-hydrogen) atoms. The first-order valence-corrected chi connectivity index (χ1v) is 7.95. The van der Waals surface area contributed by atoms with Crippen molar-refractivity contribution in [2.24, 2.45) is 14.1 Å². The maximum atomic E-state index is 11.9. The summed E-state index contributed by atoms with van der Waals surface area (Å²) < 4.78 is 26.5. The summed E-state index contributed by atoms with van der Waals surface area (Å²) in [6.07, 6.45) is 0.499. The van der Waals surface area contributed by atoms with E-state index in [1.807, 2.05) is 0 Å². The molecule has 2 aromatic rings. The lowest BCUT2D eigenvalue weighted by atomic mass is 10.6. The summed E-state index contributed by atoms with van der Waals surface area (Å²) in [4.78, 5) is 0. The Morgan fingerprint density at radius 3 is 1.63 bits per heavy atom.